The predicted molar refractivity (Wildman–Crippen MR) is 113 cm³/mol. The van der Waals surface area contributed by atoms with Crippen LogP contribution in [0.2, 0.25) is 0 Å². The molecule has 0 spiro atoms. The van der Waals surface area contributed by atoms with Gasteiger partial charge in [0, 0.05) is 25.0 Å². The van der Waals surface area contributed by atoms with E-state index < -0.39 is 0 Å². The van der Waals surface area contributed by atoms with Gasteiger partial charge in [-0.3, -0.25) is 14.3 Å². The van der Waals surface area contributed by atoms with E-state index in [4.69, 9.17) is 4.74 Å². The molecule has 4 rings (SSSR count). The van der Waals surface area contributed by atoms with Crippen molar-refractivity contribution in [3.63, 3.8) is 0 Å². The second-order valence-electron chi connectivity index (χ2n) is 6.84. The van der Waals surface area contributed by atoms with Crippen LogP contribution in [0.3, 0.4) is 0 Å². The average molecular weight is 403 g/mol. The molecule has 1 amide bonds. The summed E-state index contributed by atoms with van der Waals surface area (Å²) in [5.74, 6) is 0.398. The van der Waals surface area contributed by atoms with Crippen LogP contribution in [0, 0.1) is 0 Å². The van der Waals surface area contributed by atoms with Crippen molar-refractivity contribution >= 4 is 16.7 Å². The summed E-state index contributed by atoms with van der Waals surface area (Å²) >= 11 is 0. The van der Waals surface area contributed by atoms with Gasteiger partial charge < -0.3 is 10.1 Å². The first-order chi connectivity index (χ1) is 14.5. The largest absolute Gasteiger partial charge is 0.496 e. The first-order valence-electron chi connectivity index (χ1n) is 9.40. The van der Waals surface area contributed by atoms with E-state index in [1.165, 1.54) is 9.36 Å². The zero-order chi connectivity index (χ0) is 21.3. The molecule has 0 unspecified atom stereocenters. The Morgan fingerprint density at radius 1 is 1.00 bits per heavy atom. The van der Waals surface area contributed by atoms with E-state index in [9.17, 15) is 9.59 Å². The Balaban J connectivity index is 1.60. The fourth-order valence-electron chi connectivity index (χ4n) is 3.43. The van der Waals surface area contributed by atoms with Crippen LogP contribution in [0.15, 0.2) is 59.4 Å². The van der Waals surface area contributed by atoms with Crippen molar-refractivity contribution in [1.29, 1.82) is 0 Å². The first-order valence-corrected chi connectivity index (χ1v) is 9.40. The second kappa shape index (κ2) is 7.82. The molecule has 0 fully saturated rings. The van der Waals surface area contributed by atoms with Crippen LogP contribution >= 0.6 is 0 Å². The quantitative estimate of drug-likeness (QED) is 0.552. The zero-order valence-electron chi connectivity index (χ0n) is 16.9. The third kappa shape index (κ3) is 3.43. The molecule has 4 aromatic rings. The average Bonchev–Trinajstić information content (AvgIpc) is 3.16. The zero-order valence-corrected chi connectivity index (χ0v) is 16.9. The van der Waals surface area contributed by atoms with Crippen LogP contribution in [-0.2, 0) is 20.6 Å². The SMILES string of the molecule is COc1ccccc1-c1cc(C(=O)NCc2nn(C)c(=O)c3ccccc23)n(C)n1. The summed E-state index contributed by atoms with van der Waals surface area (Å²) in [6, 6.07) is 16.5. The summed E-state index contributed by atoms with van der Waals surface area (Å²) in [6.07, 6.45) is 0. The van der Waals surface area contributed by atoms with Crippen LogP contribution < -0.4 is 15.6 Å². The summed E-state index contributed by atoms with van der Waals surface area (Å²) in [5, 5.41) is 12.9. The van der Waals surface area contributed by atoms with E-state index in [0.29, 0.717) is 28.2 Å². The Hall–Kier alpha value is -3.94. The number of ether oxygens (including phenoxy) is 1. The Morgan fingerprint density at radius 3 is 2.47 bits per heavy atom. The number of aromatic nitrogens is 4. The summed E-state index contributed by atoms with van der Waals surface area (Å²) in [5.41, 5.74) is 2.30. The molecule has 0 atom stereocenters. The summed E-state index contributed by atoms with van der Waals surface area (Å²) in [7, 11) is 4.91. The van der Waals surface area contributed by atoms with Crippen molar-refractivity contribution in [3.8, 4) is 17.0 Å². The Bertz CT molecular complexity index is 1310. The highest BCUT2D eigenvalue weighted by molar-refractivity contribution is 5.94. The third-order valence-electron chi connectivity index (χ3n) is 4.94. The van der Waals surface area contributed by atoms with Gasteiger partial charge in [-0.2, -0.15) is 10.2 Å². The number of benzene rings is 2. The van der Waals surface area contributed by atoms with Gasteiger partial charge in [0.05, 0.1) is 30.4 Å². The van der Waals surface area contributed by atoms with Crippen molar-refractivity contribution < 1.29 is 9.53 Å². The van der Waals surface area contributed by atoms with Crippen LogP contribution in [0.1, 0.15) is 16.2 Å². The van der Waals surface area contributed by atoms with Crippen LogP contribution in [0.4, 0.5) is 0 Å². The number of fused-ring (bicyclic) bond motifs is 1. The number of hydrogen-bond acceptors (Lipinski definition) is 5. The number of rotatable bonds is 5. The van der Waals surface area contributed by atoms with Gasteiger partial charge >= 0.3 is 0 Å². The number of amides is 1. The van der Waals surface area contributed by atoms with Gasteiger partial charge in [-0.05, 0) is 24.3 Å². The Morgan fingerprint density at radius 2 is 1.70 bits per heavy atom. The molecule has 0 aliphatic heterocycles. The highest BCUT2D eigenvalue weighted by Crippen LogP contribution is 2.28. The topological polar surface area (TPSA) is 91.0 Å². The molecule has 30 heavy (non-hydrogen) atoms. The Kier molecular flexibility index (Phi) is 5.05. The van der Waals surface area contributed by atoms with E-state index in [1.807, 2.05) is 36.4 Å². The number of carbonyl (C=O) groups is 1. The second-order valence-corrected chi connectivity index (χ2v) is 6.84. The number of para-hydroxylation sites is 1. The summed E-state index contributed by atoms with van der Waals surface area (Å²) in [6.45, 7) is 0.183. The molecule has 1 N–H and O–H groups in total. The maximum absolute atomic E-state index is 12.8. The Labute approximate surface area is 172 Å². The minimum absolute atomic E-state index is 0.172. The van der Waals surface area contributed by atoms with Crippen LogP contribution in [0.5, 0.6) is 5.75 Å². The number of carbonyl (C=O) groups excluding carboxylic acids is 1. The van der Waals surface area contributed by atoms with Gasteiger partial charge in [0.15, 0.2) is 0 Å². The molecule has 0 bridgehead atoms. The highest BCUT2D eigenvalue weighted by Gasteiger charge is 2.17. The first kappa shape index (κ1) is 19.4. The minimum atomic E-state index is -0.286. The number of methoxy groups -OCH3 is 1. The van der Waals surface area contributed by atoms with Gasteiger partial charge in [-0.1, -0.05) is 30.3 Å². The molecule has 0 saturated carbocycles. The molecule has 2 aromatic carbocycles. The van der Waals surface area contributed by atoms with Crippen LogP contribution in [0.25, 0.3) is 22.0 Å². The highest BCUT2D eigenvalue weighted by atomic mass is 16.5. The fraction of sp³-hybridized carbons (Fsp3) is 0.182. The normalized spacial score (nSPS) is 10.9. The minimum Gasteiger partial charge on any atom is -0.496 e. The lowest BCUT2D eigenvalue weighted by Gasteiger charge is -2.09. The molecule has 8 heteroatoms. The molecule has 8 nitrogen and oxygen atoms in total. The van der Waals surface area contributed by atoms with E-state index in [0.717, 1.165) is 10.9 Å². The molecule has 0 radical (unpaired) electrons. The van der Waals surface area contributed by atoms with Crippen molar-refractivity contribution in [2.24, 2.45) is 14.1 Å². The fourth-order valence-corrected chi connectivity index (χ4v) is 3.43. The van der Waals surface area contributed by atoms with Gasteiger partial charge in [0.25, 0.3) is 11.5 Å². The van der Waals surface area contributed by atoms with Gasteiger partial charge in [0.1, 0.15) is 11.4 Å². The summed E-state index contributed by atoms with van der Waals surface area (Å²) in [4.78, 5) is 25.1. The smallest absolute Gasteiger partial charge is 0.274 e. The van der Waals surface area contributed by atoms with Crippen molar-refractivity contribution in [1.82, 2.24) is 24.9 Å². The molecule has 0 aliphatic rings. The summed E-state index contributed by atoms with van der Waals surface area (Å²) < 4.78 is 8.21. The lowest BCUT2D eigenvalue weighted by atomic mass is 10.1. The molecule has 2 aromatic heterocycles. The maximum atomic E-state index is 12.8. The van der Waals surface area contributed by atoms with Crippen molar-refractivity contribution in [2.75, 3.05) is 7.11 Å². The lowest BCUT2D eigenvalue weighted by Crippen LogP contribution is -2.28. The monoisotopic (exact) mass is 403 g/mol. The number of aryl methyl sites for hydroxylation is 2. The van der Waals surface area contributed by atoms with Gasteiger partial charge in [0.2, 0.25) is 0 Å². The van der Waals surface area contributed by atoms with Gasteiger partial charge in [-0.15, -0.1) is 0 Å². The van der Waals surface area contributed by atoms with E-state index in [-0.39, 0.29) is 18.0 Å². The molecule has 0 saturated heterocycles. The van der Waals surface area contributed by atoms with Crippen molar-refractivity contribution in [3.05, 3.63) is 76.3 Å². The molecule has 0 aliphatic carbocycles. The van der Waals surface area contributed by atoms with Gasteiger partial charge in [-0.25, -0.2) is 4.68 Å². The molecule has 152 valence electrons. The van der Waals surface area contributed by atoms with Crippen molar-refractivity contribution in [2.45, 2.75) is 6.54 Å². The molecular weight excluding hydrogens is 382 g/mol. The van der Waals surface area contributed by atoms with Crippen LogP contribution in [-0.4, -0.2) is 32.6 Å². The van der Waals surface area contributed by atoms with E-state index in [1.54, 1.807) is 39.4 Å². The standard InChI is InChI=1S/C22H21N5O3/c1-26-19(12-17(24-26)16-10-6-7-11-20(16)30-3)21(28)23-13-18-14-8-4-5-9-15(14)22(29)27(2)25-18/h4-12H,13H2,1-3H3,(H,23,28). The molecule has 2 heterocycles. The number of nitrogens with one attached hydrogen (secondary N) is 1. The number of nitrogens with zero attached hydrogens (tertiary/aromatic N) is 4. The predicted octanol–water partition coefficient (Wildman–Crippen LogP) is 2.27. The third-order valence-corrected chi connectivity index (χ3v) is 4.94. The maximum Gasteiger partial charge on any atom is 0.274 e. The lowest BCUT2D eigenvalue weighted by molar-refractivity contribution is 0.0941. The molecular formula is C22H21N5O3. The van der Waals surface area contributed by atoms with E-state index in [2.05, 4.69) is 15.5 Å². The number of hydrogen-bond donors (Lipinski definition) is 1. The van der Waals surface area contributed by atoms with E-state index >= 15 is 0 Å².